The molecule has 0 aromatic heterocycles. The van der Waals surface area contributed by atoms with Crippen LogP contribution in [0.15, 0.2) is 48.5 Å². The summed E-state index contributed by atoms with van der Waals surface area (Å²) in [6, 6.07) is 17.8. The highest BCUT2D eigenvalue weighted by molar-refractivity contribution is 5.69. The van der Waals surface area contributed by atoms with Crippen molar-refractivity contribution >= 4 is 0 Å². The van der Waals surface area contributed by atoms with Crippen molar-refractivity contribution in [3.8, 4) is 17.2 Å². The van der Waals surface area contributed by atoms with Gasteiger partial charge in [-0.15, -0.1) is 0 Å². The van der Waals surface area contributed by atoms with E-state index in [0.717, 1.165) is 16.7 Å². The lowest BCUT2D eigenvalue weighted by Crippen LogP contribution is -2.06. The largest absolute Gasteiger partial charge is 0.324 e. The van der Waals surface area contributed by atoms with Crippen LogP contribution in [0.3, 0.4) is 0 Å². The van der Waals surface area contributed by atoms with Gasteiger partial charge in [0.2, 0.25) is 0 Å². The maximum Gasteiger partial charge on any atom is 0.0991 e. The Bertz CT molecular complexity index is 565. The van der Waals surface area contributed by atoms with Crippen molar-refractivity contribution in [3.63, 3.8) is 0 Å². The van der Waals surface area contributed by atoms with E-state index in [4.69, 9.17) is 11.0 Å². The summed E-state index contributed by atoms with van der Waals surface area (Å²) in [5, 5.41) is 8.91. The first kappa shape index (κ1) is 11.4. The van der Waals surface area contributed by atoms with Gasteiger partial charge >= 0.3 is 0 Å². The second-order valence-electron chi connectivity index (χ2n) is 4.07. The number of rotatable bonds is 2. The number of nitrogens with zero attached hydrogens (tertiary/aromatic N) is 1. The van der Waals surface area contributed by atoms with Crippen molar-refractivity contribution in [2.24, 2.45) is 5.73 Å². The zero-order valence-corrected chi connectivity index (χ0v) is 9.72. The number of nitrogens with two attached hydrogens (primary N) is 1. The molecule has 17 heavy (non-hydrogen) atoms. The molecule has 1 atom stereocenters. The summed E-state index contributed by atoms with van der Waals surface area (Å²) >= 11 is 0. The topological polar surface area (TPSA) is 49.8 Å². The second-order valence-corrected chi connectivity index (χ2v) is 4.07. The molecule has 2 aromatic carbocycles. The van der Waals surface area contributed by atoms with E-state index >= 15 is 0 Å². The van der Waals surface area contributed by atoms with Crippen LogP contribution in [0, 0.1) is 11.3 Å². The van der Waals surface area contributed by atoms with Gasteiger partial charge in [0, 0.05) is 6.04 Å². The first-order chi connectivity index (χ1) is 8.22. The molecule has 0 fully saturated rings. The molecular formula is C15H14N2. The Labute approximate surface area is 101 Å². The number of hydrogen-bond acceptors (Lipinski definition) is 2. The van der Waals surface area contributed by atoms with E-state index in [2.05, 4.69) is 6.07 Å². The molecule has 0 bridgehead atoms. The van der Waals surface area contributed by atoms with Crippen LogP contribution in [0.4, 0.5) is 0 Å². The summed E-state index contributed by atoms with van der Waals surface area (Å²) < 4.78 is 0. The van der Waals surface area contributed by atoms with Gasteiger partial charge in [0.25, 0.3) is 0 Å². The molecule has 2 aromatic rings. The summed E-state index contributed by atoms with van der Waals surface area (Å²) in [6.45, 7) is 1.97. The van der Waals surface area contributed by atoms with E-state index in [9.17, 15) is 0 Å². The zero-order valence-electron chi connectivity index (χ0n) is 9.72. The van der Waals surface area contributed by atoms with Crippen molar-refractivity contribution in [2.75, 3.05) is 0 Å². The molecule has 1 unspecified atom stereocenters. The monoisotopic (exact) mass is 222 g/mol. The molecule has 84 valence electrons. The van der Waals surface area contributed by atoms with Gasteiger partial charge in [-0.2, -0.15) is 5.26 Å². The summed E-state index contributed by atoms with van der Waals surface area (Å²) in [6.07, 6.45) is 0. The zero-order chi connectivity index (χ0) is 12.3. The predicted octanol–water partition coefficient (Wildman–Crippen LogP) is 3.24. The van der Waals surface area contributed by atoms with Crippen molar-refractivity contribution in [3.05, 3.63) is 59.7 Å². The first-order valence-corrected chi connectivity index (χ1v) is 5.57. The summed E-state index contributed by atoms with van der Waals surface area (Å²) in [5.74, 6) is 0. The minimum Gasteiger partial charge on any atom is -0.324 e. The highest BCUT2D eigenvalue weighted by Crippen LogP contribution is 2.27. The van der Waals surface area contributed by atoms with Crippen LogP contribution in [-0.2, 0) is 0 Å². The SMILES string of the molecule is CC(N)c1ccccc1-c1cccc(C#N)c1. The summed E-state index contributed by atoms with van der Waals surface area (Å²) in [5.41, 5.74) is 9.86. The highest BCUT2D eigenvalue weighted by Gasteiger charge is 2.08. The molecule has 0 saturated carbocycles. The molecule has 2 nitrogen and oxygen atoms in total. The molecule has 0 spiro atoms. The average Bonchev–Trinajstić information content (AvgIpc) is 2.39. The number of hydrogen-bond donors (Lipinski definition) is 1. The lowest BCUT2D eigenvalue weighted by molar-refractivity contribution is 0.820. The van der Waals surface area contributed by atoms with Gasteiger partial charge in [-0.3, -0.25) is 0 Å². The van der Waals surface area contributed by atoms with Gasteiger partial charge < -0.3 is 5.73 Å². The Hall–Kier alpha value is -2.11. The summed E-state index contributed by atoms with van der Waals surface area (Å²) in [4.78, 5) is 0. The summed E-state index contributed by atoms with van der Waals surface area (Å²) in [7, 11) is 0. The molecule has 2 heteroatoms. The normalized spacial score (nSPS) is 11.8. The van der Waals surface area contributed by atoms with E-state index in [1.165, 1.54) is 0 Å². The Morgan fingerprint density at radius 3 is 2.59 bits per heavy atom. The van der Waals surface area contributed by atoms with Crippen LogP contribution < -0.4 is 5.73 Å². The van der Waals surface area contributed by atoms with Crippen molar-refractivity contribution in [2.45, 2.75) is 13.0 Å². The Kier molecular flexibility index (Phi) is 3.22. The van der Waals surface area contributed by atoms with Gasteiger partial charge in [0.05, 0.1) is 11.6 Å². The van der Waals surface area contributed by atoms with Crippen molar-refractivity contribution in [1.29, 1.82) is 5.26 Å². The first-order valence-electron chi connectivity index (χ1n) is 5.57. The third kappa shape index (κ3) is 2.35. The predicted molar refractivity (Wildman–Crippen MR) is 69.2 cm³/mol. The third-order valence-corrected chi connectivity index (χ3v) is 2.75. The van der Waals surface area contributed by atoms with Gasteiger partial charge in [0.1, 0.15) is 0 Å². The van der Waals surface area contributed by atoms with E-state index in [-0.39, 0.29) is 6.04 Å². The maximum absolute atomic E-state index is 8.91. The molecule has 0 heterocycles. The Morgan fingerprint density at radius 1 is 1.12 bits per heavy atom. The molecule has 0 amide bonds. The molecule has 0 radical (unpaired) electrons. The fourth-order valence-electron chi connectivity index (χ4n) is 1.91. The highest BCUT2D eigenvalue weighted by atomic mass is 14.6. The van der Waals surface area contributed by atoms with E-state index in [1.54, 1.807) is 6.07 Å². The fraction of sp³-hybridized carbons (Fsp3) is 0.133. The van der Waals surface area contributed by atoms with Gasteiger partial charge in [-0.1, -0.05) is 36.4 Å². The van der Waals surface area contributed by atoms with E-state index < -0.39 is 0 Å². The van der Waals surface area contributed by atoms with Crippen LogP contribution in [0.2, 0.25) is 0 Å². The van der Waals surface area contributed by atoms with E-state index in [1.807, 2.05) is 49.4 Å². The van der Waals surface area contributed by atoms with Gasteiger partial charge in [-0.05, 0) is 35.7 Å². The fourth-order valence-corrected chi connectivity index (χ4v) is 1.91. The molecular weight excluding hydrogens is 208 g/mol. The Balaban J connectivity index is 2.57. The molecule has 0 aliphatic rings. The van der Waals surface area contributed by atoms with E-state index in [0.29, 0.717) is 5.56 Å². The van der Waals surface area contributed by atoms with Crippen molar-refractivity contribution < 1.29 is 0 Å². The molecule has 0 aliphatic heterocycles. The molecule has 2 N–H and O–H groups in total. The standard InChI is InChI=1S/C15H14N2/c1-11(17)14-7-2-3-8-15(14)13-6-4-5-12(9-13)10-16/h2-9,11H,17H2,1H3. The average molecular weight is 222 g/mol. The lowest BCUT2D eigenvalue weighted by Gasteiger charge is -2.12. The second kappa shape index (κ2) is 4.82. The minimum absolute atomic E-state index is 0.0167. The number of nitriles is 1. The van der Waals surface area contributed by atoms with Crippen LogP contribution in [-0.4, -0.2) is 0 Å². The minimum atomic E-state index is -0.0167. The van der Waals surface area contributed by atoms with Gasteiger partial charge in [-0.25, -0.2) is 0 Å². The van der Waals surface area contributed by atoms with Crippen molar-refractivity contribution in [1.82, 2.24) is 0 Å². The van der Waals surface area contributed by atoms with Crippen LogP contribution in [0.1, 0.15) is 24.1 Å². The molecule has 0 saturated heterocycles. The maximum atomic E-state index is 8.91. The number of benzene rings is 2. The quantitative estimate of drug-likeness (QED) is 0.848. The third-order valence-electron chi connectivity index (χ3n) is 2.75. The lowest BCUT2D eigenvalue weighted by atomic mass is 9.95. The van der Waals surface area contributed by atoms with Crippen LogP contribution in [0.25, 0.3) is 11.1 Å². The van der Waals surface area contributed by atoms with Gasteiger partial charge in [0.15, 0.2) is 0 Å². The van der Waals surface area contributed by atoms with Crippen LogP contribution in [0.5, 0.6) is 0 Å². The smallest absolute Gasteiger partial charge is 0.0991 e. The van der Waals surface area contributed by atoms with Crippen LogP contribution >= 0.6 is 0 Å². The molecule has 0 aliphatic carbocycles. The molecule has 2 rings (SSSR count). The Morgan fingerprint density at radius 2 is 1.88 bits per heavy atom.